The summed E-state index contributed by atoms with van der Waals surface area (Å²) < 4.78 is 25.7. The number of nitriles is 1. The van der Waals surface area contributed by atoms with Crippen LogP contribution in [0.4, 0.5) is 0 Å². The zero-order valence-corrected chi connectivity index (χ0v) is 10.6. The van der Waals surface area contributed by atoms with Crippen LogP contribution in [0, 0.1) is 11.3 Å². The van der Waals surface area contributed by atoms with Crippen molar-refractivity contribution < 1.29 is 23.4 Å². The molecule has 0 saturated carbocycles. The van der Waals surface area contributed by atoms with Gasteiger partial charge in [0.2, 0.25) is 10.0 Å². The second kappa shape index (κ2) is 6.29. The van der Waals surface area contributed by atoms with Crippen LogP contribution in [0.1, 0.15) is 12.0 Å². The molecule has 0 spiro atoms. The fraction of sp³-hybridized carbons (Fsp3) is 0.273. The van der Waals surface area contributed by atoms with Gasteiger partial charge in [-0.15, -0.1) is 0 Å². The molecule has 1 rings (SSSR count). The Morgan fingerprint density at radius 1 is 1.37 bits per heavy atom. The summed E-state index contributed by atoms with van der Waals surface area (Å²) in [5.41, 5.74) is 0.295. The lowest BCUT2D eigenvalue weighted by Crippen LogP contribution is -2.41. The molecule has 1 unspecified atom stereocenters. The van der Waals surface area contributed by atoms with Crippen LogP contribution in [0.3, 0.4) is 0 Å². The van der Waals surface area contributed by atoms with E-state index in [0.717, 1.165) is 0 Å². The number of aliphatic carboxylic acids is 1. The van der Waals surface area contributed by atoms with Crippen molar-refractivity contribution in [3.63, 3.8) is 0 Å². The van der Waals surface area contributed by atoms with Gasteiger partial charge in [-0.1, -0.05) is 0 Å². The molecule has 19 heavy (non-hydrogen) atoms. The molecule has 1 atom stereocenters. The highest BCUT2D eigenvalue weighted by Gasteiger charge is 2.24. The van der Waals surface area contributed by atoms with Crippen molar-refractivity contribution in [2.75, 3.05) is 6.61 Å². The normalized spacial score (nSPS) is 12.6. The zero-order chi connectivity index (χ0) is 14.5. The Morgan fingerprint density at radius 2 is 1.95 bits per heavy atom. The standard InChI is InChI=1S/C11H12N2O5S/c12-7-8-1-3-9(4-2-8)19(17,18)13-10(5-6-14)11(15)16/h1-4,10,13-14H,5-6H2,(H,15,16). The molecule has 7 nitrogen and oxygen atoms in total. The minimum absolute atomic E-state index is 0.143. The molecule has 1 aromatic carbocycles. The van der Waals surface area contributed by atoms with Gasteiger partial charge < -0.3 is 10.2 Å². The third-order valence-electron chi connectivity index (χ3n) is 2.31. The van der Waals surface area contributed by atoms with Crippen LogP contribution >= 0.6 is 0 Å². The molecule has 3 N–H and O–H groups in total. The van der Waals surface area contributed by atoms with Crippen LogP contribution in [0.25, 0.3) is 0 Å². The second-order valence-electron chi connectivity index (χ2n) is 3.66. The van der Waals surface area contributed by atoms with Gasteiger partial charge in [0, 0.05) is 6.61 Å². The monoisotopic (exact) mass is 284 g/mol. The molecule has 0 heterocycles. The predicted octanol–water partition coefficient (Wildman–Crippen LogP) is -0.328. The van der Waals surface area contributed by atoms with Crippen molar-refractivity contribution in [2.45, 2.75) is 17.4 Å². The molecule has 0 radical (unpaired) electrons. The average molecular weight is 284 g/mol. The summed E-state index contributed by atoms with van der Waals surface area (Å²) in [5.74, 6) is -1.37. The number of nitrogens with one attached hydrogen (secondary N) is 1. The fourth-order valence-corrected chi connectivity index (χ4v) is 2.55. The summed E-state index contributed by atoms with van der Waals surface area (Å²) in [6, 6.07) is 5.49. The number of hydrogen-bond donors (Lipinski definition) is 3. The van der Waals surface area contributed by atoms with Crippen molar-refractivity contribution in [1.29, 1.82) is 5.26 Å². The van der Waals surface area contributed by atoms with Crippen molar-refractivity contribution in [2.24, 2.45) is 0 Å². The molecule has 0 aromatic heterocycles. The van der Waals surface area contributed by atoms with E-state index >= 15 is 0 Å². The molecular formula is C11H12N2O5S. The molecular weight excluding hydrogens is 272 g/mol. The summed E-state index contributed by atoms with van der Waals surface area (Å²) >= 11 is 0. The van der Waals surface area contributed by atoms with Gasteiger partial charge >= 0.3 is 5.97 Å². The number of benzene rings is 1. The quantitative estimate of drug-likeness (QED) is 0.656. The summed E-state index contributed by atoms with van der Waals surface area (Å²) in [6.45, 7) is -0.452. The summed E-state index contributed by atoms with van der Waals surface area (Å²) in [5, 5.41) is 26.1. The van der Waals surface area contributed by atoms with Gasteiger partial charge in [0.05, 0.1) is 16.5 Å². The van der Waals surface area contributed by atoms with Gasteiger partial charge in [0.25, 0.3) is 0 Å². The fourth-order valence-electron chi connectivity index (χ4n) is 1.33. The minimum atomic E-state index is -4.00. The molecule has 0 bridgehead atoms. The van der Waals surface area contributed by atoms with Crippen LogP contribution in [0.2, 0.25) is 0 Å². The highest BCUT2D eigenvalue weighted by molar-refractivity contribution is 7.89. The van der Waals surface area contributed by atoms with Crippen LogP contribution in [0.5, 0.6) is 0 Å². The molecule has 0 saturated heterocycles. The number of carboxylic acid groups (broad SMARTS) is 1. The number of hydrogen-bond acceptors (Lipinski definition) is 5. The smallest absolute Gasteiger partial charge is 0.321 e. The summed E-state index contributed by atoms with van der Waals surface area (Å²) in [4.78, 5) is 10.7. The number of nitrogens with zero attached hydrogens (tertiary/aromatic N) is 1. The number of aliphatic hydroxyl groups is 1. The molecule has 0 aliphatic heterocycles. The first-order chi connectivity index (χ1) is 8.90. The Kier molecular flexibility index (Phi) is 5.00. The van der Waals surface area contributed by atoms with Crippen LogP contribution in [0.15, 0.2) is 29.2 Å². The Labute approximate surface area is 110 Å². The van der Waals surface area contributed by atoms with Crippen LogP contribution < -0.4 is 4.72 Å². The maximum absolute atomic E-state index is 11.9. The van der Waals surface area contributed by atoms with Crippen molar-refractivity contribution >= 4 is 16.0 Å². The lowest BCUT2D eigenvalue weighted by molar-refractivity contribution is -0.139. The second-order valence-corrected chi connectivity index (χ2v) is 5.37. The molecule has 0 fully saturated rings. The lowest BCUT2D eigenvalue weighted by atomic mass is 10.2. The van der Waals surface area contributed by atoms with Crippen LogP contribution in [-0.4, -0.2) is 37.2 Å². The van der Waals surface area contributed by atoms with E-state index in [1.807, 2.05) is 10.8 Å². The number of aliphatic hydroxyl groups excluding tert-OH is 1. The van der Waals surface area contributed by atoms with E-state index in [1.54, 1.807) is 0 Å². The van der Waals surface area contributed by atoms with Gasteiger partial charge in [-0.2, -0.15) is 9.98 Å². The molecule has 0 aliphatic rings. The molecule has 0 amide bonds. The average Bonchev–Trinajstić information content (AvgIpc) is 2.38. The minimum Gasteiger partial charge on any atom is -0.480 e. The van der Waals surface area contributed by atoms with Crippen molar-refractivity contribution in [1.82, 2.24) is 4.72 Å². The number of rotatable bonds is 6. The lowest BCUT2D eigenvalue weighted by Gasteiger charge is -2.13. The Morgan fingerprint density at radius 3 is 2.37 bits per heavy atom. The summed E-state index contributed by atoms with van der Waals surface area (Å²) in [7, 11) is -4.00. The summed E-state index contributed by atoms with van der Waals surface area (Å²) in [6.07, 6.45) is -0.231. The van der Waals surface area contributed by atoms with Gasteiger partial charge in [0.1, 0.15) is 6.04 Å². The van der Waals surface area contributed by atoms with E-state index in [1.165, 1.54) is 24.3 Å². The molecule has 0 aliphatic carbocycles. The number of carbonyl (C=O) groups is 1. The molecule has 8 heteroatoms. The maximum atomic E-state index is 11.9. The van der Waals surface area contributed by atoms with Gasteiger partial charge in [-0.25, -0.2) is 8.42 Å². The predicted molar refractivity (Wildman–Crippen MR) is 64.6 cm³/mol. The van der Waals surface area contributed by atoms with Crippen molar-refractivity contribution in [3.8, 4) is 6.07 Å². The van der Waals surface area contributed by atoms with E-state index in [9.17, 15) is 13.2 Å². The van der Waals surface area contributed by atoms with E-state index in [-0.39, 0.29) is 11.3 Å². The van der Waals surface area contributed by atoms with E-state index in [2.05, 4.69) is 0 Å². The van der Waals surface area contributed by atoms with E-state index in [0.29, 0.717) is 5.56 Å². The number of sulfonamides is 1. The first-order valence-electron chi connectivity index (χ1n) is 5.27. The van der Waals surface area contributed by atoms with Crippen molar-refractivity contribution in [3.05, 3.63) is 29.8 Å². The Bertz CT molecular complexity index is 589. The largest absolute Gasteiger partial charge is 0.480 e. The highest BCUT2D eigenvalue weighted by atomic mass is 32.2. The van der Waals surface area contributed by atoms with Gasteiger partial charge in [-0.05, 0) is 30.7 Å². The van der Waals surface area contributed by atoms with E-state index < -0.39 is 28.6 Å². The van der Waals surface area contributed by atoms with E-state index in [4.69, 9.17) is 15.5 Å². The van der Waals surface area contributed by atoms with Crippen LogP contribution in [-0.2, 0) is 14.8 Å². The third-order valence-corrected chi connectivity index (χ3v) is 3.79. The first-order valence-corrected chi connectivity index (χ1v) is 6.75. The third kappa shape index (κ3) is 4.03. The zero-order valence-electron chi connectivity index (χ0n) is 9.78. The maximum Gasteiger partial charge on any atom is 0.321 e. The van der Waals surface area contributed by atoms with Gasteiger partial charge in [-0.3, -0.25) is 4.79 Å². The SMILES string of the molecule is N#Cc1ccc(S(=O)(=O)NC(CCO)C(=O)O)cc1. The highest BCUT2D eigenvalue weighted by Crippen LogP contribution is 2.11. The Hall–Kier alpha value is -1.95. The van der Waals surface area contributed by atoms with Gasteiger partial charge in [0.15, 0.2) is 0 Å². The molecule has 102 valence electrons. The topological polar surface area (TPSA) is 127 Å². The Balaban J connectivity index is 2.96. The number of carboxylic acids is 1. The first kappa shape index (κ1) is 15.1. The molecule has 1 aromatic rings.